The Bertz CT molecular complexity index is 375. The van der Waals surface area contributed by atoms with E-state index in [-0.39, 0.29) is 17.9 Å². The Labute approximate surface area is 98.0 Å². The molecule has 86 valence electrons. The van der Waals surface area contributed by atoms with Crippen molar-refractivity contribution < 1.29 is 9.59 Å². The van der Waals surface area contributed by atoms with Crippen molar-refractivity contribution in [2.75, 3.05) is 6.54 Å². The number of carbonyl (C=O) groups excluding carboxylic acids is 2. The zero-order chi connectivity index (χ0) is 11.4. The molecule has 0 radical (unpaired) electrons. The third kappa shape index (κ3) is 2.82. The zero-order valence-electron chi connectivity index (χ0n) is 8.86. The van der Waals surface area contributed by atoms with Gasteiger partial charge in [-0.2, -0.15) is 0 Å². The smallest absolute Gasteiger partial charge is 0.242 e. The largest absolute Gasteiger partial charge is 0.354 e. The molecule has 16 heavy (non-hydrogen) atoms. The van der Waals surface area contributed by atoms with Crippen LogP contribution in [0.1, 0.15) is 17.7 Å². The molecule has 2 rings (SSSR count). The van der Waals surface area contributed by atoms with E-state index >= 15 is 0 Å². The maximum absolute atomic E-state index is 11.6. The summed E-state index contributed by atoms with van der Waals surface area (Å²) < 4.78 is 0. The highest BCUT2D eigenvalue weighted by molar-refractivity contribution is 7.09. The first-order chi connectivity index (χ1) is 7.75. The average molecular weight is 238 g/mol. The Morgan fingerprint density at radius 2 is 2.50 bits per heavy atom. The van der Waals surface area contributed by atoms with Gasteiger partial charge in [0.05, 0.1) is 0 Å². The summed E-state index contributed by atoms with van der Waals surface area (Å²) in [6.45, 7) is 0.631. The molecule has 1 aromatic heterocycles. The van der Waals surface area contributed by atoms with Crippen molar-refractivity contribution in [3.8, 4) is 0 Å². The number of thiophene rings is 1. The predicted molar refractivity (Wildman–Crippen MR) is 62.2 cm³/mol. The van der Waals surface area contributed by atoms with E-state index in [0.717, 1.165) is 6.42 Å². The second-order valence-electron chi connectivity index (χ2n) is 3.78. The summed E-state index contributed by atoms with van der Waals surface area (Å²) in [6.07, 6.45) is 1.93. The topological polar surface area (TPSA) is 58.2 Å². The predicted octanol–water partition coefficient (Wildman–Crippen LogP) is 0.685. The van der Waals surface area contributed by atoms with Crippen LogP contribution < -0.4 is 10.6 Å². The summed E-state index contributed by atoms with van der Waals surface area (Å²) in [5.74, 6) is -0.0965. The molecule has 0 aromatic carbocycles. The standard InChI is InChI=1S/C11H14N2O2S/c14-10-4-3-9(13-10)11(15)12-6-5-8-2-1-7-16-8/h1-2,7,9H,3-6H2,(H,12,15)(H,13,14). The molecule has 1 saturated heterocycles. The van der Waals surface area contributed by atoms with Gasteiger partial charge in [-0.3, -0.25) is 9.59 Å². The van der Waals surface area contributed by atoms with Crippen molar-refractivity contribution >= 4 is 23.2 Å². The van der Waals surface area contributed by atoms with E-state index in [2.05, 4.69) is 10.6 Å². The molecule has 2 heterocycles. The van der Waals surface area contributed by atoms with Gasteiger partial charge in [0, 0.05) is 17.8 Å². The fraction of sp³-hybridized carbons (Fsp3) is 0.455. The summed E-state index contributed by atoms with van der Waals surface area (Å²) in [7, 11) is 0. The lowest BCUT2D eigenvalue weighted by Crippen LogP contribution is -2.42. The summed E-state index contributed by atoms with van der Waals surface area (Å²) in [6, 6.07) is 3.73. The van der Waals surface area contributed by atoms with E-state index in [1.807, 2.05) is 17.5 Å². The molecule has 5 heteroatoms. The molecular weight excluding hydrogens is 224 g/mol. The Morgan fingerprint density at radius 3 is 3.12 bits per heavy atom. The normalized spacial score (nSPS) is 19.5. The quantitative estimate of drug-likeness (QED) is 0.810. The first-order valence-corrected chi connectivity index (χ1v) is 6.23. The molecule has 1 aliphatic rings. The van der Waals surface area contributed by atoms with Crippen LogP contribution in [0.5, 0.6) is 0 Å². The van der Waals surface area contributed by atoms with Crippen LogP contribution in [0.2, 0.25) is 0 Å². The lowest BCUT2D eigenvalue weighted by molar-refractivity contribution is -0.125. The Morgan fingerprint density at radius 1 is 1.62 bits per heavy atom. The summed E-state index contributed by atoms with van der Waals surface area (Å²) >= 11 is 1.69. The number of amides is 2. The highest BCUT2D eigenvalue weighted by Gasteiger charge is 2.26. The number of carbonyl (C=O) groups is 2. The Kier molecular flexibility index (Phi) is 3.56. The Hall–Kier alpha value is -1.36. The zero-order valence-corrected chi connectivity index (χ0v) is 9.68. The van der Waals surface area contributed by atoms with Gasteiger partial charge in [0.15, 0.2) is 0 Å². The highest BCUT2D eigenvalue weighted by atomic mass is 32.1. The molecule has 0 saturated carbocycles. The molecule has 0 aliphatic carbocycles. The second kappa shape index (κ2) is 5.12. The fourth-order valence-corrected chi connectivity index (χ4v) is 2.41. The maximum Gasteiger partial charge on any atom is 0.242 e. The molecule has 2 amide bonds. The minimum atomic E-state index is -0.323. The van der Waals surface area contributed by atoms with Crippen LogP contribution in [0.15, 0.2) is 17.5 Å². The van der Waals surface area contributed by atoms with Crippen molar-refractivity contribution in [2.24, 2.45) is 0 Å². The van der Waals surface area contributed by atoms with Gasteiger partial charge in [-0.25, -0.2) is 0 Å². The van der Waals surface area contributed by atoms with Gasteiger partial charge in [0.2, 0.25) is 11.8 Å². The number of hydrogen-bond acceptors (Lipinski definition) is 3. The van der Waals surface area contributed by atoms with Crippen LogP contribution in [0.25, 0.3) is 0 Å². The lowest BCUT2D eigenvalue weighted by atomic mass is 10.2. The molecule has 1 fully saturated rings. The maximum atomic E-state index is 11.6. The lowest BCUT2D eigenvalue weighted by Gasteiger charge is -2.10. The molecule has 1 aliphatic heterocycles. The number of rotatable bonds is 4. The van der Waals surface area contributed by atoms with Crippen LogP contribution in [0, 0.1) is 0 Å². The number of hydrogen-bond donors (Lipinski definition) is 2. The minimum Gasteiger partial charge on any atom is -0.354 e. The van der Waals surface area contributed by atoms with Gasteiger partial charge in [-0.15, -0.1) is 11.3 Å². The summed E-state index contributed by atoms with van der Waals surface area (Å²) in [5.41, 5.74) is 0. The van der Waals surface area contributed by atoms with Crippen LogP contribution in [0.4, 0.5) is 0 Å². The van der Waals surface area contributed by atoms with Gasteiger partial charge < -0.3 is 10.6 Å². The monoisotopic (exact) mass is 238 g/mol. The summed E-state index contributed by atoms with van der Waals surface area (Å²) in [4.78, 5) is 23.8. The van der Waals surface area contributed by atoms with Gasteiger partial charge in [-0.1, -0.05) is 6.07 Å². The molecule has 1 atom stereocenters. The van der Waals surface area contributed by atoms with Crippen LogP contribution >= 0.6 is 11.3 Å². The van der Waals surface area contributed by atoms with E-state index < -0.39 is 0 Å². The molecule has 4 nitrogen and oxygen atoms in total. The van der Waals surface area contributed by atoms with Crippen LogP contribution in [0.3, 0.4) is 0 Å². The van der Waals surface area contributed by atoms with E-state index in [1.54, 1.807) is 11.3 Å². The minimum absolute atomic E-state index is 0.0293. The molecule has 0 bridgehead atoms. The van der Waals surface area contributed by atoms with Gasteiger partial charge in [0.1, 0.15) is 6.04 Å². The Balaban J connectivity index is 1.70. The molecular formula is C11H14N2O2S. The average Bonchev–Trinajstić information content (AvgIpc) is 2.89. The van der Waals surface area contributed by atoms with Crippen molar-refractivity contribution in [3.63, 3.8) is 0 Å². The van der Waals surface area contributed by atoms with Gasteiger partial charge in [0.25, 0.3) is 0 Å². The molecule has 2 N–H and O–H groups in total. The summed E-state index contributed by atoms with van der Waals surface area (Å²) in [5, 5.41) is 7.51. The van der Waals surface area contributed by atoms with E-state index in [9.17, 15) is 9.59 Å². The highest BCUT2D eigenvalue weighted by Crippen LogP contribution is 2.09. The van der Waals surface area contributed by atoms with Crippen LogP contribution in [-0.4, -0.2) is 24.4 Å². The van der Waals surface area contributed by atoms with Crippen molar-refractivity contribution in [1.29, 1.82) is 0 Å². The molecule has 0 spiro atoms. The first kappa shape index (κ1) is 11.1. The second-order valence-corrected chi connectivity index (χ2v) is 4.81. The fourth-order valence-electron chi connectivity index (χ4n) is 1.70. The van der Waals surface area contributed by atoms with Gasteiger partial charge >= 0.3 is 0 Å². The molecule has 1 aromatic rings. The van der Waals surface area contributed by atoms with Crippen molar-refractivity contribution in [2.45, 2.75) is 25.3 Å². The third-order valence-corrected chi connectivity index (χ3v) is 3.50. The molecule has 1 unspecified atom stereocenters. The van der Waals surface area contributed by atoms with Gasteiger partial charge in [-0.05, 0) is 24.3 Å². The van der Waals surface area contributed by atoms with Crippen molar-refractivity contribution in [1.82, 2.24) is 10.6 Å². The van der Waals surface area contributed by atoms with Crippen LogP contribution in [-0.2, 0) is 16.0 Å². The first-order valence-electron chi connectivity index (χ1n) is 5.35. The third-order valence-electron chi connectivity index (χ3n) is 2.56. The number of nitrogens with one attached hydrogen (secondary N) is 2. The van der Waals surface area contributed by atoms with E-state index in [4.69, 9.17) is 0 Å². The van der Waals surface area contributed by atoms with E-state index in [1.165, 1.54) is 4.88 Å². The SMILES string of the molecule is O=C1CCC(C(=O)NCCc2cccs2)N1. The van der Waals surface area contributed by atoms with E-state index in [0.29, 0.717) is 19.4 Å². The van der Waals surface area contributed by atoms with Crippen molar-refractivity contribution in [3.05, 3.63) is 22.4 Å².